The number of halogens is 3. The van der Waals surface area contributed by atoms with Crippen LogP contribution < -0.4 is 5.32 Å². The molecule has 0 saturated heterocycles. The summed E-state index contributed by atoms with van der Waals surface area (Å²) in [5.41, 5.74) is 0.360. The zero-order valence-electron chi connectivity index (χ0n) is 9.73. The van der Waals surface area contributed by atoms with E-state index in [0.717, 1.165) is 19.2 Å². The van der Waals surface area contributed by atoms with Crippen molar-refractivity contribution in [1.82, 2.24) is 5.32 Å². The molecular weight excluding hydrogens is 247 g/mol. The van der Waals surface area contributed by atoms with Gasteiger partial charge in [0.15, 0.2) is 0 Å². The molecule has 0 aromatic heterocycles. The maximum Gasteiger partial charge on any atom is 0.416 e. The number of esters is 1. The van der Waals surface area contributed by atoms with Crippen molar-refractivity contribution in [3.63, 3.8) is 0 Å². The zero-order valence-corrected chi connectivity index (χ0v) is 9.73. The molecule has 98 valence electrons. The molecule has 1 aromatic carbocycles. The van der Waals surface area contributed by atoms with Crippen LogP contribution in [0.1, 0.15) is 27.0 Å². The number of methoxy groups -OCH3 is 1. The molecule has 1 aliphatic heterocycles. The second kappa shape index (κ2) is 4.61. The van der Waals surface area contributed by atoms with Crippen LogP contribution in [0.5, 0.6) is 0 Å². The van der Waals surface area contributed by atoms with Gasteiger partial charge in [-0.2, -0.15) is 13.2 Å². The van der Waals surface area contributed by atoms with Gasteiger partial charge in [-0.05, 0) is 36.2 Å². The van der Waals surface area contributed by atoms with Crippen molar-refractivity contribution in [3.05, 3.63) is 34.4 Å². The smallest absolute Gasteiger partial charge is 0.416 e. The lowest BCUT2D eigenvalue weighted by atomic mass is 9.92. The van der Waals surface area contributed by atoms with Gasteiger partial charge in [0.05, 0.1) is 18.2 Å². The van der Waals surface area contributed by atoms with Gasteiger partial charge in [-0.25, -0.2) is 4.79 Å². The van der Waals surface area contributed by atoms with E-state index < -0.39 is 17.7 Å². The molecule has 1 aromatic rings. The third-order valence-corrected chi connectivity index (χ3v) is 2.94. The molecule has 0 atom stereocenters. The van der Waals surface area contributed by atoms with Crippen LogP contribution in [0.4, 0.5) is 13.2 Å². The van der Waals surface area contributed by atoms with Gasteiger partial charge >= 0.3 is 12.1 Å². The van der Waals surface area contributed by atoms with Crippen molar-refractivity contribution < 1.29 is 22.7 Å². The van der Waals surface area contributed by atoms with E-state index in [-0.39, 0.29) is 5.56 Å². The predicted molar refractivity (Wildman–Crippen MR) is 58.2 cm³/mol. The second-order valence-electron chi connectivity index (χ2n) is 4.08. The summed E-state index contributed by atoms with van der Waals surface area (Å²) in [6.45, 7) is 0.978. The van der Waals surface area contributed by atoms with Crippen LogP contribution >= 0.6 is 0 Å². The molecule has 1 heterocycles. The molecule has 0 spiro atoms. The van der Waals surface area contributed by atoms with Crippen molar-refractivity contribution in [3.8, 4) is 0 Å². The third-order valence-electron chi connectivity index (χ3n) is 2.94. The lowest BCUT2D eigenvalue weighted by Gasteiger charge is -2.21. The lowest BCUT2D eigenvalue weighted by molar-refractivity contribution is -0.137. The van der Waals surface area contributed by atoms with E-state index in [0.29, 0.717) is 30.6 Å². The predicted octanol–water partition coefficient (Wildman–Crippen LogP) is 2.14. The largest absolute Gasteiger partial charge is 0.465 e. The maximum absolute atomic E-state index is 12.7. The van der Waals surface area contributed by atoms with Gasteiger partial charge < -0.3 is 10.1 Å². The zero-order chi connectivity index (χ0) is 13.3. The minimum Gasteiger partial charge on any atom is -0.465 e. The first kappa shape index (κ1) is 12.9. The SMILES string of the molecule is COC(=O)c1cc(C(F)(F)F)cc2c1CCNC2. The molecule has 0 aliphatic carbocycles. The Bertz CT molecular complexity index is 483. The minimum absolute atomic E-state index is 0.0174. The molecule has 3 nitrogen and oxygen atoms in total. The second-order valence-corrected chi connectivity index (χ2v) is 4.08. The number of fused-ring (bicyclic) bond motifs is 1. The Kier molecular flexibility index (Phi) is 3.30. The Hall–Kier alpha value is -1.56. The standard InChI is InChI=1S/C12H12F3NO2/c1-18-11(17)10-5-8(12(13,14)15)4-7-6-16-3-2-9(7)10/h4-5,16H,2-3,6H2,1H3. The number of benzene rings is 1. The van der Waals surface area contributed by atoms with Crippen LogP contribution in [0.3, 0.4) is 0 Å². The maximum atomic E-state index is 12.7. The number of hydrogen-bond donors (Lipinski definition) is 1. The molecule has 0 saturated carbocycles. The molecule has 1 N–H and O–H groups in total. The highest BCUT2D eigenvalue weighted by molar-refractivity contribution is 5.91. The van der Waals surface area contributed by atoms with E-state index in [1.165, 1.54) is 0 Å². The first-order valence-corrected chi connectivity index (χ1v) is 5.45. The van der Waals surface area contributed by atoms with Crippen molar-refractivity contribution in [2.24, 2.45) is 0 Å². The van der Waals surface area contributed by atoms with E-state index >= 15 is 0 Å². The number of hydrogen-bond acceptors (Lipinski definition) is 3. The topological polar surface area (TPSA) is 38.3 Å². The number of nitrogens with one attached hydrogen (secondary N) is 1. The van der Waals surface area contributed by atoms with Gasteiger partial charge in [-0.15, -0.1) is 0 Å². The van der Waals surface area contributed by atoms with E-state index in [4.69, 9.17) is 0 Å². The Balaban J connectivity index is 2.58. The molecule has 0 radical (unpaired) electrons. The van der Waals surface area contributed by atoms with Gasteiger partial charge in [0.25, 0.3) is 0 Å². The molecule has 6 heteroatoms. The Morgan fingerprint density at radius 3 is 2.72 bits per heavy atom. The summed E-state index contributed by atoms with van der Waals surface area (Å²) in [5.74, 6) is -0.723. The van der Waals surface area contributed by atoms with Crippen molar-refractivity contribution in [1.29, 1.82) is 0 Å². The highest BCUT2D eigenvalue weighted by Crippen LogP contribution is 2.33. The van der Waals surface area contributed by atoms with E-state index in [1.54, 1.807) is 0 Å². The first-order valence-electron chi connectivity index (χ1n) is 5.45. The summed E-state index contributed by atoms with van der Waals surface area (Å²) in [6, 6.07) is 1.96. The van der Waals surface area contributed by atoms with E-state index in [2.05, 4.69) is 10.1 Å². The molecule has 0 amide bonds. The number of alkyl halides is 3. The summed E-state index contributed by atoms with van der Waals surface area (Å²) < 4.78 is 42.7. The number of carbonyl (C=O) groups is 1. The molecule has 0 unspecified atom stereocenters. The number of rotatable bonds is 1. The lowest BCUT2D eigenvalue weighted by Crippen LogP contribution is -2.26. The Morgan fingerprint density at radius 1 is 1.39 bits per heavy atom. The average molecular weight is 259 g/mol. The quantitative estimate of drug-likeness (QED) is 0.785. The fourth-order valence-corrected chi connectivity index (χ4v) is 2.08. The van der Waals surface area contributed by atoms with Crippen molar-refractivity contribution >= 4 is 5.97 Å². The van der Waals surface area contributed by atoms with E-state index in [9.17, 15) is 18.0 Å². The van der Waals surface area contributed by atoms with Crippen LogP contribution in [0.25, 0.3) is 0 Å². The summed E-state index contributed by atoms with van der Waals surface area (Å²) in [5, 5.41) is 2.98. The van der Waals surface area contributed by atoms with Gasteiger partial charge in [0.1, 0.15) is 0 Å². The number of ether oxygens (including phenoxy) is 1. The molecule has 1 aliphatic rings. The highest BCUT2D eigenvalue weighted by atomic mass is 19.4. The van der Waals surface area contributed by atoms with E-state index in [1.807, 2.05) is 0 Å². The summed E-state index contributed by atoms with van der Waals surface area (Å²) in [4.78, 5) is 11.6. The van der Waals surface area contributed by atoms with Crippen LogP contribution in [0, 0.1) is 0 Å². The number of carbonyl (C=O) groups excluding carboxylic acids is 1. The molecular formula is C12H12F3NO2. The van der Waals surface area contributed by atoms with Crippen LogP contribution in [0.2, 0.25) is 0 Å². The molecule has 0 fully saturated rings. The van der Waals surface area contributed by atoms with Gasteiger partial charge in [-0.1, -0.05) is 0 Å². The van der Waals surface area contributed by atoms with Crippen molar-refractivity contribution in [2.45, 2.75) is 19.1 Å². The van der Waals surface area contributed by atoms with Gasteiger partial charge in [0, 0.05) is 6.54 Å². The van der Waals surface area contributed by atoms with Gasteiger partial charge in [0.2, 0.25) is 0 Å². The Labute approximate surface area is 102 Å². The van der Waals surface area contributed by atoms with Crippen LogP contribution in [-0.4, -0.2) is 19.6 Å². The van der Waals surface area contributed by atoms with Crippen LogP contribution in [0.15, 0.2) is 12.1 Å². The third kappa shape index (κ3) is 2.33. The first-order chi connectivity index (χ1) is 8.43. The minimum atomic E-state index is -4.46. The molecule has 2 rings (SSSR count). The fourth-order valence-electron chi connectivity index (χ4n) is 2.08. The monoisotopic (exact) mass is 259 g/mol. The fraction of sp³-hybridized carbons (Fsp3) is 0.417. The highest BCUT2D eigenvalue weighted by Gasteiger charge is 2.33. The molecule has 0 bridgehead atoms. The summed E-state index contributed by atoms with van der Waals surface area (Å²) in [7, 11) is 1.16. The van der Waals surface area contributed by atoms with Crippen LogP contribution in [-0.2, 0) is 23.9 Å². The van der Waals surface area contributed by atoms with Gasteiger partial charge in [-0.3, -0.25) is 0 Å². The Morgan fingerprint density at radius 2 is 2.11 bits per heavy atom. The summed E-state index contributed by atoms with van der Waals surface area (Å²) >= 11 is 0. The van der Waals surface area contributed by atoms with Crippen molar-refractivity contribution in [2.75, 3.05) is 13.7 Å². The summed E-state index contributed by atoms with van der Waals surface area (Å²) in [6.07, 6.45) is -3.94. The average Bonchev–Trinajstić information content (AvgIpc) is 2.35. The molecule has 18 heavy (non-hydrogen) atoms. The normalized spacial score (nSPS) is 15.1.